The summed E-state index contributed by atoms with van der Waals surface area (Å²) in [6.07, 6.45) is 8.02. The number of fused-ring (bicyclic) bond motifs is 3. The molecule has 4 N–H and O–H groups in total. The standard InChI is InChI=1S/C34H40N6O3/c1-21(17-23(34(3,4)5)18-30(35)42-6)37-22(2)32(41)28-13-14-29(27-10-8-7-9-26(27)28)38-31-15-16-36-33(39-31)40-19-24-11-12-25(20-40)43-24/h7-10,13-18,24-25,37H,1-2,11-12,19-20,35H2,3-6H3,(H,36,38,39)/b23-17+,30-18?. The average Bonchev–Trinajstić information content (AvgIpc) is 3.33. The van der Waals surface area contributed by atoms with Crippen LogP contribution in [0.15, 0.2) is 96.8 Å². The van der Waals surface area contributed by atoms with Crippen LogP contribution in [-0.2, 0) is 9.47 Å². The van der Waals surface area contributed by atoms with Crippen LogP contribution in [0.3, 0.4) is 0 Å². The second-order valence-corrected chi connectivity index (χ2v) is 12.0. The second-order valence-electron chi connectivity index (χ2n) is 12.0. The third-order valence-corrected chi connectivity index (χ3v) is 7.72. The first kappa shape index (κ1) is 29.8. The van der Waals surface area contributed by atoms with Crippen LogP contribution in [0.5, 0.6) is 0 Å². The molecule has 224 valence electrons. The van der Waals surface area contributed by atoms with Crippen LogP contribution in [0.4, 0.5) is 17.5 Å². The molecule has 0 aliphatic carbocycles. The van der Waals surface area contributed by atoms with Crippen molar-refractivity contribution in [3.8, 4) is 0 Å². The van der Waals surface area contributed by atoms with E-state index in [1.165, 1.54) is 7.11 Å². The van der Waals surface area contributed by atoms with Gasteiger partial charge in [0, 0.05) is 47.7 Å². The number of ether oxygens (including phenoxy) is 2. The molecule has 1 aromatic heterocycles. The highest BCUT2D eigenvalue weighted by Crippen LogP contribution is 2.32. The molecular formula is C34H40N6O3. The minimum atomic E-state index is -0.232. The number of ketones is 1. The zero-order valence-electron chi connectivity index (χ0n) is 25.3. The third-order valence-electron chi connectivity index (χ3n) is 7.72. The number of nitrogens with two attached hydrogens (primary N) is 1. The molecule has 2 atom stereocenters. The predicted molar refractivity (Wildman–Crippen MR) is 172 cm³/mol. The van der Waals surface area contributed by atoms with Gasteiger partial charge < -0.3 is 30.7 Å². The van der Waals surface area contributed by atoms with Gasteiger partial charge in [-0.15, -0.1) is 0 Å². The molecule has 2 aromatic carbocycles. The van der Waals surface area contributed by atoms with Gasteiger partial charge >= 0.3 is 0 Å². The van der Waals surface area contributed by atoms with Crippen molar-refractivity contribution in [1.29, 1.82) is 0 Å². The smallest absolute Gasteiger partial charge is 0.227 e. The maximum atomic E-state index is 13.6. The highest BCUT2D eigenvalue weighted by Gasteiger charge is 2.34. The lowest BCUT2D eigenvalue weighted by Gasteiger charge is -2.32. The van der Waals surface area contributed by atoms with Crippen LogP contribution in [-0.4, -0.2) is 48.2 Å². The Hall–Kier alpha value is -4.63. The molecule has 43 heavy (non-hydrogen) atoms. The highest BCUT2D eigenvalue weighted by molar-refractivity contribution is 6.17. The van der Waals surface area contributed by atoms with Crippen molar-refractivity contribution in [2.24, 2.45) is 11.1 Å². The number of hydrogen-bond acceptors (Lipinski definition) is 9. The molecule has 2 aliphatic heterocycles. The predicted octanol–water partition coefficient (Wildman–Crippen LogP) is 5.96. The Bertz CT molecular complexity index is 1610. The molecular weight excluding hydrogens is 540 g/mol. The first-order valence-corrected chi connectivity index (χ1v) is 14.5. The number of carbonyl (C=O) groups is 1. The van der Waals surface area contributed by atoms with Crippen molar-refractivity contribution in [1.82, 2.24) is 15.3 Å². The number of hydrogen-bond donors (Lipinski definition) is 3. The van der Waals surface area contributed by atoms with Crippen LogP contribution in [0, 0.1) is 5.41 Å². The highest BCUT2D eigenvalue weighted by atomic mass is 16.5. The quantitative estimate of drug-likeness (QED) is 0.116. The van der Waals surface area contributed by atoms with E-state index in [9.17, 15) is 4.79 Å². The monoisotopic (exact) mass is 580 g/mol. The summed E-state index contributed by atoms with van der Waals surface area (Å²) in [5, 5.41) is 8.20. The largest absolute Gasteiger partial charge is 0.483 e. The van der Waals surface area contributed by atoms with Gasteiger partial charge in [0.15, 0.2) is 5.88 Å². The van der Waals surface area contributed by atoms with Gasteiger partial charge in [0.1, 0.15) is 5.82 Å². The molecule has 0 radical (unpaired) electrons. The number of methoxy groups -OCH3 is 1. The van der Waals surface area contributed by atoms with E-state index >= 15 is 0 Å². The van der Waals surface area contributed by atoms with Crippen molar-refractivity contribution in [3.63, 3.8) is 0 Å². The summed E-state index contributed by atoms with van der Waals surface area (Å²) in [4.78, 5) is 25.1. The molecule has 5 rings (SSSR count). The molecule has 2 aliphatic rings. The van der Waals surface area contributed by atoms with Gasteiger partial charge in [0.25, 0.3) is 0 Å². The van der Waals surface area contributed by atoms with E-state index in [1.54, 1.807) is 12.3 Å². The van der Waals surface area contributed by atoms with Crippen molar-refractivity contribution >= 4 is 34.0 Å². The number of aromatic nitrogens is 2. The number of nitrogens with one attached hydrogen (secondary N) is 2. The Morgan fingerprint density at radius 2 is 1.77 bits per heavy atom. The topological polar surface area (TPSA) is 115 Å². The number of nitrogens with zero attached hydrogens (tertiary/aromatic N) is 3. The maximum Gasteiger partial charge on any atom is 0.227 e. The molecule has 2 saturated heterocycles. The van der Waals surface area contributed by atoms with E-state index in [2.05, 4.69) is 54.4 Å². The average molecular weight is 581 g/mol. The summed E-state index contributed by atoms with van der Waals surface area (Å²) in [6.45, 7) is 15.9. The van der Waals surface area contributed by atoms with Gasteiger partial charge in [-0.05, 0) is 53.5 Å². The van der Waals surface area contributed by atoms with Gasteiger partial charge in [0.2, 0.25) is 11.7 Å². The normalized spacial score (nSPS) is 18.8. The van der Waals surface area contributed by atoms with E-state index in [0.29, 0.717) is 23.0 Å². The first-order chi connectivity index (χ1) is 20.5. The molecule has 9 nitrogen and oxygen atoms in total. The SMILES string of the molecule is C=C(/C=C(\C=C(N)OC)C(C)(C)C)NC(=C)C(=O)c1ccc(Nc2ccnc(N3CC4CCC(C3)O4)n2)c2ccccc12. The molecule has 0 amide bonds. The minimum absolute atomic E-state index is 0.212. The fourth-order valence-electron chi connectivity index (χ4n) is 5.42. The Balaban J connectivity index is 1.35. The molecule has 0 spiro atoms. The molecule has 2 fully saturated rings. The zero-order valence-corrected chi connectivity index (χ0v) is 25.3. The lowest BCUT2D eigenvalue weighted by Crippen LogP contribution is -2.43. The van der Waals surface area contributed by atoms with Gasteiger partial charge in [-0.25, -0.2) is 4.98 Å². The van der Waals surface area contributed by atoms with Crippen molar-refractivity contribution < 1.29 is 14.3 Å². The lowest BCUT2D eigenvalue weighted by molar-refractivity contribution is 0.0299. The van der Waals surface area contributed by atoms with Crippen molar-refractivity contribution in [3.05, 3.63) is 102 Å². The summed E-state index contributed by atoms with van der Waals surface area (Å²) < 4.78 is 11.1. The molecule has 3 aromatic rings. The number of Topliss-reactive ketones (excluding diaryl/α,β-unsaturated/α-hetero) is 1. The van der Waals surface area contributed by atoms with Crippen LogP contribution >= 0.6 is 0 Å². The number of anilines is 3. The van der Waals surface area contributed by atoms with Crippen LogP contribution in [0.1, 0.15) is 44.0 Å². The van der Waals surface area contributed by atoms with Gasteiger partial charge in [-0.1, -0.05) is 58.2 Å². The second kappa shape index (κ2) is 12.3. The maximum absolute atomic E-state index is 13.6. The fraction of sp³-hybridized carbons (Fsp3) is 0.324. The summed E-state index contributed by atoms with van der Waals surface area (Å²) in [6, 6.07) is 13.3. The molecule has 3 heterocycles. The van der Waals surface area contributed by atoms with E-state index in [0.717, 1.165) is 48.0 Å². The molecule has 2 unspecified atom stereocenters. The Morgan fingerprint density at radius 1 is 1.07 bits per heavy atom. The number of benzene rings is 2. The zero-order chi connectivity index (χ0) is 30.7. The van der Waals surface area contributed by atoms with E-state index in [1.807, 2.05) is 48.5 Å². The van der Waals surface area contributed by atoms with Gasteiger partial charge in [-0.2, -0.15) is 4.98 Å². The Kier molecular flexibility index (Phi) is 8.54. The minimum Gasteiger partial charge on any atom is -0.483 e. The Morgan fingerprint density at radius 3 is 2.44 bits per heavy atom. The van der Waals surface area contributed by atoms with E-state index < -0.39 is 0 Å². The number of allylic oxidation sites excluding steroid dienone is 4. The van der Waals surface area contributed by atoms with Gasteiger partial charge in [0.05, 0.1) is 25.0 Å². The van der Waals surface area contributed by atoms with Crippen molar-refractivity contribution in [2.45, 2.75) is 45.8 Å². The summed E-state index contributed by atoms with van der Waals surface area (Å²) >= 11 is 0. The summed E-state index contributed by atoms with van der Waals surface area (Å²) in [7, 11) is 1.52. The van der Waals surface area contributed by atoms with Crippen LogP contribution in [0.25, 0.3) is 10.8 Å². The van der Waals surface area contributed by atoms with Crippen LogP contribution < -0.4 is 21.3 Å². The van der Waals surface area contributed by atoms with Gasteiger partial charge in [-0.3, -0.25) is 4.79 Å². The third kappa shape index (κ3) is 6.89. The number of rotatable bonds is 10. The Labute approximate surface area is 253 Å². The molecule has 9 heteroatoms. The number of morpholine rings is 1. The molecule has 2 bridgehead atoms. The first-order valence-electron chi connectivity index (χ1n) is 14.5. The molecule has 0 saturated carbocycles. The summed E-state index contributed by atoms with van der Waals surface area (Å²) in [5.74, 6) is 1.43. The summed E-state index contributed by atoms with van der Waals surface area (Å²) in [5.41, 5.74) is 8.64. The van der Waals surface area contributed by atoms with E-state index in [-0.39, 0.29) is 35.0 Å². The van der Waals surface area contributed by atoms with E-state index in [4.69, 9.17) is 20.2 Å². The fourth-order valence-corrected chi connectivity index (χ4v) is 5.42. The lowest BCUT2D eigenvalue weighted by atomic mass is 9.85. The van der Waals surface area contributed by atoms with Crippen molar-refractivity contribution in [2.75, 3.05) is 30.4 Å². The van der Waals surface area contributed by atoms with Crippen LogP contribution in [0.2, 0.25) is 0 Å². The number of carbonyl (C=O) groups excluding carboxylic acids is 1.